The van der Waals surface area contributed by atoms with Crippen LogP contribution in [0.25, 0.3) is 0 Å². The second-order valence-corrected chi connectivity index (χ2v) is 11.0. The summed E-state index contributed by atoms with van der Waals surface area (Å²) >= 11 is 0. The third-order valence-corrected chi connectivity index (χ3v) is 10.0. The van der Waals surface area contributed by atoms with Gasteiger partial charge in [0.25, 0.3) is 5.92 Å². The molecule has 8 unspecified atom stereocenters. The van der Waals surface area contributed by atoms with E-state index >= 15 is 8.78 Å². The zero-order valence-electron chi connectivity index (χ0n) is 18.5. The molecule has 0 aromatic rings. The molecule has 0 bridgehead atoms. The van der Waals surface area contributed by atoms with Gasteiger partial charge in [-0.25, -0.2) is 13.6 Å². The van der Waals surface area contributed by atoms with Crippen LogP contribution in [-0.2, 0) is 14.3 Å². The minimum Gasteiger partial charge on any atom is -0.467 e. The summed E-state index contributed by atoms with van der Waals surface area (Å²) < 4.78 is 41.5. The summed E-state index contributed by atoms with van der Waals surface area (Å²) in [5.74, 6) is -2.78. The van der Waals surface area contributed by atoms with E-state index in [1.165, 1.54) is 20.6 Å². The molecule has 0 heterocycles. The lowest BCUT2D eigenvalue weighted by Crippen LogP contribution is -2.60. The second kappa shape index (κ2) is 7.46. The number of esters is 1. The summed E-state index contributed by atoms with van der Waals surface area (Å²) in [6.07, 6.45) is 8.17. The summed E-state index contributed by atoms with van der Waals surface area (Å²) in [5, 5.41) is 0. The molecule has 0 amide bonds. The van der Waals surface area contributed by atoms with Crippen LogP contribution in [0.3, 0.4) is 0 Å². The van der Waals surface area contributed by atoms with Crippen LogP contribution in [0.15, 0.2) is 0 Å². The molecule has 4 aliphatic carbocycles. The number of methoxy groups -OCH3 is 2. The smallest absolute Gasteiger partial charge is 0.334 e. The molecule has 3 nitrogen and oxygen atoms in total. The molecule has 4 fully saturated rings. The molecule has 0 aromatic heterocycles. The Morgan fingerprint density at radius 3 is 2.41 bits per heavy atom. The van der Waals surface area contributed by atoms with Gasteiger partial charge in [0.05, 0.1) is 7.11 Å². The van der Waals surface area contributed by atoms with E-state index in [2.05, 4.69) is 13.8 Å². The molecule has 0 spiro atoms. The normalized spacial score (nSPS) is 46.9. The number of alkyl halides is 2. The van der Waals surface area contributed by atoms with Crippen molar-refractivity contribution < 1.29 is 23.0 Å². The fraction of sp³-hybridized carbons (Fsp3) is 0.958. The van der Waals surface area contributed by atoms with Crippen LogP contribution in [0.5, 0.6) is 0 Å². The lowest BCUT2D eigenvalue weighted by atomic mass is 9.44. The van der Waals surface area contributed by atoms with Crippen molar-refractivity contribution in [3.8, 4) is 0 Å². The molecular weight excluding hydrogens is 374 g/mol. The Balaban J connectivity index is 1.60. The first kappa shape index (κ1) is 21.5. The van der Waals surface area contributed by atoms with Crippen LogP contribution in [0, 0.1) is 40.4 Å². The van der Waals surface area contributed by atoms with E-state index in [1.807, 2.05) is 0 Å². The van der Waals surface area contributed by atoms with Crippen molar-refractivity contribution >= 4 is 5.97 Å². The third-order valence-electron chi connectivity index (χ3n) is 10.0. The van der Waals surface area contributed by atoms with Gasteiger partial charge >= 0.3 is 5.97 Å². The van der Waals surface area contributed by atoms with Gasteiger partial charge in [0.15, 0.2) is 6.10 Å². The highest BCUT2D eigenvalue weighted by molar-refractivity contribution is 5.74. The molecule has 0 saturated heterocycles. The Hall–Kier alpha value is -0.710. The summed E-state index contributed by atoms with van der Waals surface area (Å²) in [7, 11) is 2.91. The largest absolute Gasteiger partial charge is 0.467 e. The lowest BCUT2D eigenvalue weighted by Gasteiger charge is -2.62. The highest BCUT2D eigenvalue weighted by Gasteiger charge is 2.67. The summed E-state index contributed by atoms with van der Waals surface area (Å²) in [6.45, 7) is 4.55. The van der Waals surface area contributed by atoms with Crippen molar-refractivity contribution in [2.24, 2.45) is 40.4 Å². The van der Waals surface area contributed by atoms with Crippen LogP contribution in [-0.4, -0.2) is 32.2 Å². The molecule has 4 saturated carbocycles. The molecule has 0 N–H and O–H groups in total. The molecule has 29 heavy (non-hydrogen) atoms. The second-order valence-electron chi connectivity index (χ2n) is 11.0. The van der Waals surface area contributed by atoms with Gasteiger partial charge in [-0.05, 0) is 79.4 Å². The van der Waals surface area contributed by atoms with E-state index in [1.54, 1.807) is 0 Å². The Bertz CT molecular complexity index is 638. The van der Waals surface area contributed by atoms with Crippen LogP contribution in [0.1, 0.15) is 78.1 Å². The molecule has 8 atom stereocenters. The number of carbonyl (C=O) groups is 1. The van der Waals surface area contributed by atoms with Crippen molar-refractivity contribution in [2.45, 2.75) is 90.1 Å². The minimum absolute atomic E-state index is 0.0519. The zero-order chi connectivity index (χ0) is 21.0. The van der Waals surface area contributed by atoms with Crippen molar-refractivity contribution in [1.82, 2.24) is 0 Å². The molecule has 4 aliphatic rings. The topological polar surface area (TPSA) is 35.5 Å². The molecule has 0 aliphatic heterocycles. The van der Waals surface area contributed by atoms with E-state index in [-0.39, 0.29) is 46.9 Å². The Kier molecular flexibility index (Phi) is 5.53. The van der Waals surface area contributed by atoms with Crippen molar-refractivity contribution in [3.63, 3.8) is 0 Å². The van der Waals surface area contributed by atoms with E-state index in [0.717, 1.165) is 44.9 Å². The van der Waals surface area contributed by atoms with Gasteiger partial charge < -0.3 is 9.47 Å². The first-order chi connectivity index (χ1) is 13.7. The summed E-state index contributed by atoms with van der Waals surface area (Å²) in [5.41, 5.74) is -0.0433. The Morgan fingerprint density at radius 1 is 1.00 bits per heavy atom. The minimum atomic E-state index is -2.56. The maximum absolute atomic E-state index is 15.6. The molecular formula is C24H38F2O3. The standard InChI is InChI=1S/C24H38F2O3/c1-22-11-6-5-7-16(22)14-24(25,26)20-17-9-8-15(13-19(28-3)21(27)29-4)23(17,2)12-10-18(20)22/h15-20H,5-14H2,1-4H3. The predicted octanol–water partition coefficient (Wildman–Crippen LogP) is 5.86. The zero-order valence-corrected chi connectivity index (χ0v) is 18.5. The summed E-state index contributed by atoms with van der Waals surface area (Å²) in [4.78, 5) is 12.1. The van der Waals surface area contributed by atoms with E-state index in [0.29, 0.717) is 6.42 Å². The van der Waals surface area contributed by atoms with Gasteiger partial charge in [-0.3, -0.25) is 0 Å². The van der Waals surface area contributed by atoms with E-state index in [9.17, 15) is 4.79 Å². The third kappa shape index (κ3) is 3.25. The quantitative estimate of drug-likeness (QED) is 0.543. The van der Waals surface area contributed by atoms with Crippen molar-refractivity contribution in [2.75, 3.05) is 14.2 Å². The van der Waals surface area contributed by atoms with Crippen molar-refractivity contribution in [3.05, 3.63) is 0 Å². The fourth-order valence-corrected chi connectivity index (χ4v) is 8.36. The van der Waals surface area contributed by atoms with Crippen LogP contribution < -0.4 is 0 Å². The SMILES string of the molecule is COC(=O)C(CC1CCC2C3C(CCC12C)C1(C)CCCCC1CC3(F)F)OC. The Labute approximate surface area is 174 Å². The number of hydrogen-bond donors (Lipinski definition) is 0. The maximum atomic E-state index is 15.6. The fourth-order valence-electron chi connectivity index (χ4n) is 8.36. The van der Waals surface area contributed by atoms with E-state index in [4.69, 9.17) is 9.47 Å². The molecule has 166 valence electrons. The van der Waals surface area contributed by atoms with Gasteiger partial charge in [-0.2, -0.15) is 0 Å². The summed E-state index contributed by atoms with van der Waals surface area (Å²) in [6, 6.07) is 0. The molecule has 0 radical (unpaired) electrons. The number of fused-ring (bicyclic) bond motifs is 5. The highest BCUT2D eigenvalue weighted by Crippen LogP contribution is 2.70. The molecule has 0 aromatic carbocycles. The number of hydrogen-bond acceptors (Lipinski definition) is 3. The average molecular weight is 413 g/mol. The van der Waals surface area contributed by atoms with Crippen LogP contribution in [0.4, 0.5) is 8.78 Å². The first-order valence-corrected chi connectivity index (χ1v) is 11.7. The van der Waals surface area contributed by atoms with Gasteiger partial charge in [0, 0.05) is 19.4 Å². The van der Waals surface area contributed by atoms with Crippen LogP contribution in [0.2, 0.25) is 0 Å². The van der Waals surface area contributed by atoms with Gasteiger partial charge in [0.1, 0.15) is 0 Å². The number of rotatable bonds is 4. The average Bonchev–Trinajstić information content (AvgIpc) is 3.01. The molecule has 5 heteroatoms. The van der Waals surface area contributed by atoms with Gasteiger partial charge in [0.2, 0.25) is 0 Å². The molecule has 4 rings (SSSR count). The lowest BCUT2D eigenvalue weighted by molar-refractivity contribution is -0.232. The predicted molar refractivity (Wildman–Crippen MR) is 108 cm³/mol. The van der Waals surface area contributed by atoms with Crippen molar-refractivity contribution in [1.29, 1.82) is 0 Å². The Morgan fingerprint density at radius 2 is 1.72 bits per heavy atom. The number of ether oxygens (including phenoxy) is 2. The number of carbonyl (C=O) groups excluding carboxylic acids is 1. The number of halogens is 2. The van der Waals surface area contributed by atoms with Gasteiger partial charge in [-0.15, -0.1) is 0 Å². The first-order valence-electron chi connectivity index (χ1n) is 11.7. The van der Waals surface area contributed by atoms with E-state index < -0.39 is 17.9 Å². The maximum Gasteiger partial charge on any atom is 0.334 e. The monoisotopic (exact) mass is 412 g/mol. The van der Waals surface area contributed by atoms with Crippen LogP contribution >= 0.6 is 0 Å². The highest BCUT2D eigenvalue weighted by atomic mass is 19.3. The van der Waals surface area contributed by atoms with Gasteiger partial charge in [-0.1, -0.05) is 26.7 Å².